The van der Waals surface area contributed by atoms with E-state index in [0.717, 1.165) is 5.69 Å². The Morgan fingerprint density at radius 3 is 1.74 bits per heavy atom. The lowest BCUT2D eigenvalue weighted by molar-refractivity contribution is -0.120. The molecule has 6 heteroatoms. The first-order valence-electron chi connectivity index (χ1n) is 11.0. The minimum Gasteiger partial charge on any atom is -0.497 e. The number of methoxy groups -OCH3 is 2. The number of anilines is 2. The van der Waals surface area contributed by atoms with Crippen LogP contribution in [-0.2, 0) is 15.0 Å². The number of rotatable bonds is 6. The lowest BCUT2D eigenvalue weighted by Gasteiger charge is -2.19. The third-order valence-corrected chi connectivity index (χ3v) is 5.81. The molecule has 1 heterocycles. The van der Waals surface area contributed by atoms with Gasteiger partial charge in [0.05, 0.1) is 25.5 Å². The summed E-state index contributed by atoms with van der Waals surface area (Å²) in [6.07, 6.45) is 0. The van der Waals surface area contributed by atoms with Crippen molar-refractivity contribution in [1.29, 1.82) is 0 Å². The number of hydrogen-bond donors (Lipinski definition) is 1. The Kier molecular flexibility index (Phi) is 6.16. The number of benzene rings is 3. The molecule has 0 saturated heterocycles. The largest absolute Gasteiger partial charge is 0.497 e. The zero-order valence-electron chi connectivity index (χ0n) is 20.0. The van der Waals surface area contributed by atoms with E-state index in [1.807, 2.05) is 24.3 Å². The van der Waals surface area contributed by atoms with Crippen molar-refractivity contribution >= 4 is 28.8 Å². The van der Waals surface area contributed by atoms with Crippen LogP contribution in [0.5, 0.6) is 11.5 Å². The number of carbonyl (C=O) groups is 2. The average Bonchev–Trinajstić information content (AvgIpc) is 3.08. The summed E-state index contributed by atoms with van der Waals surface area (Å²) in [7, 11) is 3.15. The summed E-state index contributed by atoms with van der Waals surface area (Å²) in [4.78, 5) is 28.3. The molecule has 0 spiro atoms. The molecule has 1 N–H and O–H groups in total. The van der Waals surface area contributed by atoms with Gasteiger partial charge in [0.2, 0.25) is 0 Å². The highest BCUT2D eigenvalue weighted by Gasteiger charge is 2.40. The number of carbonyl (C=O) groups excluding carboxylic acids is 2. The minimum atomic E-state index is -0.416. The molecule has 0 aromatic heterocycles. The summed E-state index contributed by atoms with van der Waals surface area (Å²) in [5, 5.41) is 3.21. The summed E-state index contributed by atoms with van der Waals surface area (Å²) in [5.74, 6) is 0.499. The molecule has 2 amide bonds. The highest BCUT2D eigenvalue weighted by atomic mass is 16.5. The second-order valence-electron chi connectivity index (χ2n) is 9.07. The van der Waals surface area contributed by atoms with Gasteiger partial charge < -0.3 is 14.8 Å². The quantitative estimate of drug-likeness (QED) is 0.503. The monoisotopic (exact) mass is 456 g/mol. The maximum absolute atomic E-state index is 13.6. The molecule has 1 aliphatic rings. The summed E-state index contributed by atoms with van der Waals surface area (Å²) < 4.78 is 10.5. The third-order valence-electron chi connectivity index (χ3n) is 5.81. The van der Waals surface area contributed by atoms with Gasteiger partial charge in [0.1, 0.15) is 17.2 Å². The molecular formula is C28H28N2O4. The van der Waals surface area contributed by atoms with Crippen molar-refractivity contribution in [2.75, 3.05) is 24.4 Å². The highest BCUT2D eigenvalue weighted by molar-refractivity contribution is 6.46. The lowest BCUT2D eigenvalue weighted by Crippen LogP contribution is -2.32. The summed E-state index contributed by atoms with van der Waals surface area (Å²) in [6.45, 7) is 6.43. The van der Waals surface area contributed by atoms with E-state index in [2.05, 4.69) is 26.1 Å². The number of nitrogens with zero attached hydrogens (tertiary/aromatic N) is 1. The van der Waals surface area contributed by atoms with Crippen molar-refractivity contribution < 1.29 is 19.1 Å². The van der Waals surface area contributed by atoms with E-state index in [1.54, 1.807) is 62.8 Å². The minimum absolute atomic E-state index is 0.0103. The SMILES string of the molecule is COc1ccc(C2=C(Nc3ccc(C(C)(C)C)cc3)C(=O)N(c3ccc(OC)cc3)C2=O)cc1. The molecule has 0 saturated carbocycles. The van der Waals surface area contributed by atoms with Gasteiger partial charge in [-0.1, -0.05) is 45.0 Å². The molecule has 174 valence electrons. The molecule has 0 bridgehead atoms. The van der Waals surface area contributed by atoms with E-state index in [9.17, 15) is 9.59 Å². The van der Waals surface area contributed by atoms with Crippen LogP contribution >= 0.6 is 0 Å². The summed E-state index contributed by atoms with van der Waals surface area (Å²) in [5.41, 5.74) is 3.56. The summed E-state index contributed by atoms with van der Waals surface area (Å²) >= 11 is 0. The van der Waals surface area contributed by atoms with Crippen molar-refractivity contribution in [2.24, 2.45) is 0 Å². The van der Waals surface area contributed by atoms with E-state index < -0.39 is 11.8 Å². The molecule has 34 heavy (non-hydrogen) atoms. The molecule has 0 unspecified atom stereocenters. The number of amides is 2. The van der Waals surface area contributed by atoms with Crippen molar-refractivity contribution in [3.63, 3.8) is 0 Å². The van der Waals surface area contributed by atoms with Gasteiger partial charge in [-0.15, -0.1) is 0 Å². The molecule has 0 aliphatic carbocycles. The molecule has 3 aromatic carbocycles. The second-order valence-corrected chi connectivity index (χ2v) is 9.07. The van der Waals surface area contributed by atoms with E-state index >= 15 is 0 Å². The molecule has 4 rings (SSSR count). The number of hydrogen-bond acceptors (Lipinski definition) is 5. The fourth-order valence-corrected chi connectivity index (χ4v) is 3.83. The number of ether oxygens (including phenoxy) is 2. The third kappa shape index (κ3) is 4.39. The molecule has 0 atom stereocenters. The fraction of sp³-hybridized carbons (Fsp3) is 0.214. The maximum atomic E-state index is 13.6. The van der Waals surface area contributed by atoms with Crippen molar-refractivity contribution in [1.82, 2.24) is 0 Å². The molecule has 0 radical (unpaired) electrons. The second kappa shape index (κ2) is 9.06. The van der Waals surface area contributed by atoms with Crippen LogP contribution in [0, 0.1) is 0 Å². The Bertz CT molecular complexity index is 1240. The fourth-order valence-electron chi connectivity index (χ4n) is 3.83. The molecular weight excluding hydrogens is 428 g/mol. The van der Waals surface area contributed by atoms with E-state index in [1.165, 1.54) is 10.5 Å². The van der Waals surface area contributed by atoms with E-state index in [0.29, 0.717) is 28.3 Å². The van der Waals surface area contributed by atoms with Crippen LogP contribution in [0.15, 0.2) is 78.5 Å². The van der Waals surface area contributed by atoms with Gasteiger partial charge in [-0.2, -0.15) is 0 Å². The van der Waals surface area contributed by atoms with Crippen molar-refractivity contribution in [3.05, 3.63) is 89.6 Å². The van der Waals surface area contributed by atoms with Crippen LogP contribution in [0.2, 0.25) is 0 Å². The standard InChI is InChI=1S/C28H28N2O4/c1-28(2,3)19-8-10-20(11-9-19)29-25-24(18-6-14-22(33-4)15-7-18)26(31)30(27(25)32)21-12-16-23(34-5)17-13-21/h6-17,29H,1-5H3. The summed E-state index contributed by atoms with van der Waals surface area (Å²) in [6, 6.07) is 21.8. The normalized spacial score (nSPS) is 14.0. The van der Waals surface area contributed by atoms with Crippen LogP contribution in [0.4, 0.5) is 11.4 Å². The first kappa shape index (κ1) is 23.1. The van der Waals surface area contributed by atoms with Crippen molar-refractivity contribution in [3.8, 4) is 11.5 Å². The van der Waals surface area contributed by atoms with Gasteiger partial charge in [-0.05, 0) is 65.1 Å². The topological polar surface area (TPSA) is 67.9 Å². The number of imide groups is 1. The van der Waals surface area contributed by atoms with Gasteiger partial charge in [0.25, 0.3) is 11.8 Å². The average molecular weight is 457 g/mol. The predicted molar refractivity (Wildman–Crippen MR) is 134 cm³/mol. The zero-order valence-corrected chi connectivity index (χ0v) is 20.0. The van der Waals surface area contributed by atoms with Crippen LogP contribution in [0.1, 0.15) is 31.9 Å². The van der Waals surface area contributed by atoms with Crippen LogP contribution in [0.25, 0.3) is 5.57 Å². The Morgan fingerprint density at radius 1 is 0.706 bits per heavy atom. The van der Waals surface area contributed by atoms with Gasteiger partial charge >= 0.3 is 0 Å². The molecule has 3 aromatic rings. The van der Waals surface area contributed by atoms with Gasteiger partial charge in [-0.3, -0.25) is 9.59 Å². The molecule has 1 aliphatic heterocycles. The van der Waals surface area contributed by atoms with E-state index in [4.69, 9.17) is 9.47 Å². The van der Waals surface area contributed by atoms with Crippen LogP contribution < -0.4 is 19.7 Å². The zero-order chi connectivity index (χ0) is 24.5. The Balaban J connectivity index is 1.75. The van der Waals surface area contributed by atoms with Crippen LogP contribution in [-0.4, -0.2) is 26.0 Å². The molecule has 6 nitrogen and oxygen atoms in total. The maximum Gasteiger partial charge on any atom is 0.282 e. The van der Waals surface area contributed by atoms with Crippen LogP contribution in [0.3, 0.4) is 0 Å². The first-order chi connectivity index (χ1) is 16.2. The highest BCUT2D eigenvalue weighted by Crippen LogP contribution is 2.35. The van der Waals surface area contributed by atoms with Gasteiger partial charge in [0, 0.05) is 5.69 Å². The Morgan fingerprint density at radius 2 is 1.24 bits per heavy atom. The molecule has 0 fully saturated rings. The number of nitrogens with one attached hydrogen (secondary N) is 1. The van der Waals surface area contributed by atoms with Gasteiger partial charge in [-0.25, -0.2) is 4.90 Å². The Hall–Kier alpha value is -4.06. The first-order valence-corrected chi connectivity index (χ1v) is 11.0. The van der Waals surface area contributed by atoms with E-state index in [-0.39, 0.29) is 11.1 Å². The predicted octanol–water partition coefficient (Wildman–Crippen LogP) is 5.40. The smallest absolute Gasteiger partial charge is 0.282 e. The van der Waals surface area contributed by atoms with Gasteiger partial charge in [0.15, 0.2) is 0 Å². The van der Waals surface area contributed by atoms with Crippen molar-refractivity contribution in [2.45, 2.75) is 26.2 Å². The lowest BCUT2D eigenvalue weighted by atomic mass is 9.87. The Labute approximate surface area is 199 Å².